The molecule has 21 heavy (non-hydrogen) atoms. The average molecular weight is 311 g/mol. The maximum Gasteiger partial charge on any atom is 0.227 e. The molecule has 1 saturated heterocycles. The van der Waals surface area contributed by atoms with E-state index in [2.05, 4.69) is 13.8 Å². The highest BCUT2D eigenvalue weighted by Crippen LogP contribution is 2.29. The van der Waals surface area contributed by atoms with E-state index in [1.165, 1.54) is 0 Å². The number of halogens is 1. The van der Waals surface area contributed by atoms with Gasteiger partial charge in [0.05, 0.1) is 13.5 Å². The molecule has 0 spiro atoms. The van der Waals surface area contributed by atoms with Gasteiger partial charge >= 0.3 is 0 Å². The smallest absolute Gasteiger partial charge is 0.227 e. The van der Waals surface area contributed by atoms with Crippen LogP contribution in [0.3, 0.4) is 0 Å². The first kappa shape index (κ1) is 16.1. The molecule has 1 aromatic carbocycles. The zero-order valence-electron chi connectivity index (χ0n) is 12.9. The predicted molar refractivity (Wildman–Crippen MR) is 84.7 cm³/mol. The highest BCUT2D eigenvalue weighted by atomic mass is 35.5. The second-order valence-corrected chi connectivity index (χ2v) is 6.77. The quantitative estimate of drug-likeness (QED) is 0.933. The van der Waals surface area contributed by atoms with Crippen molar-refractivity contribution in [2.45, 2.75) is 32.7 Å². The highest BCUT2D eigenvalue weighted by Gasteiger charge is 2.35. The number of carbonyl (C=O) groups is 1. The molecular formula is C16H23ClN2O2. The molecular weight excluding hydrogens is 288 g/mol. The number of hydrogen-bond acceptors (Lipinski definition) is 3. The fourth-order valence-electron chi connectivity index (χ4n) is 2.75. The fraction of sp³-hybridized carbons (Fsp3) is 0.562. The number of methoxy groups -OCH3 is 1. The van der Waals surface area contributed by atoms with Gasteiger partial charge in [-0.15, -0.1) is 0 Å². The van der Waals surface area contributed by atoms with E-state index >= 15 is 0 Å². The van der Waals surface area contributed by atoms with Crippen LogP contribution >= 0.6 is 11.6 Å². The van der Waals surface area contributed by atoms with Crippen LogP contribution in [0.5, 0.6) is 5.75 Å². The first-order valence-electron chi connectivity index (χ1n) is 7.19. The van der Waals surface area contributed by atoms with Crippen molar-refractivity contribution in [3.05, 3.63) is 28.8 Å². The predicted octanol–water partition coefficient (Wildman–Crippen LogP) is 2.48. The maximum atomic E-state index is 12.5. The van der Waals surface area contributed by atoms with E-state index in [1.807, 2.05) is 4.90 Å². The van der Waals surface area contributed by atoms with Crippen molar-refractivity contribution in [1.82, 2.24) is 4.90 Å². The van der Waals surface area contributed by atoms with Gasteiger partial charge in [-0.05, 0) is 30.0 Å². The fourth-order valence-corrected chi connectivity index (χ4v) is 2.94. The Labute approximate surface area is 131 Å². The van der Waals surface area contributed by atoms with Gasteiger partial charge in [0.2, 0.25) is 5.91 Å². The number of likely N-dealkylation sites (tertiary alicyclic amines) is 1. The van der Waals surface area contributed by atoms with Crippen LogP contribution in [-0.2, 0) is 11.2 Å². The Bertz CT molecular complexity index is 531. The summed E-state index contributed by atoms with van der Waals surface area (Å²) in [6, 6.07) is 5.49. The minimum atomic E-state index is -0.0493. The van der Waals surface area contributed by atoms with Crippen molar-refractivity contribution in [3.63, 3.8) is 0 Å². The number of piperidine rings is 1. The Hall–Kier alpha value is -1.26. The zero-order valence-corrected chi connectivity index (χ0v) is 13.6. The van der Waals surface area contributed by atoms with Crippen molar-refractivity contribution in [2.24, 2.45) is 11.1 Å². The van der Waals surface area contributed by atoms with Crippen molar-refractivity contribution < 1.29 is 9.53 Å². The molecule has 0 aliphatic carbocycles. The molecule has 1 atom stereocenters. The van der Waals surface area contributed by atoms with Gasteiger partial charge in [-0.25, -0.2) is 0 Å². The molecule has 1 amide bonds. The number of rotatable bonds is 3. The zero-order chi connectivity index (χ0) is 15.6. The van der Waals surface area contributed by atoms with E-state index in [1.54, 1.807) is 25.3 Å². The van der Waals surface area contributed by atoms with Crippen LogP contribution in [0.25, 0.3) is 0 Å². The lowest BCUT2D eigenvalue weighted by molar-refractivity contribution is -0.133. The number of hydrogen-bond donors (Lipinski definition) is 1. The molecule has 5 heteroatoms. The van der Waals surface area contributed by atoms with Crippen LogP contribution in [0.4, 0.5) is 0 Å². The summed E-state index contributed by atoms with van der Waals surface area (Å²) < 4.78 is 5.30. The Morgan fingerprint density at radius 1 is 1.52 bits per heavy atom. The molecule has 2 N–H and O–H groups in total. The minimum Gasteiger partial charge on any atom is -0.496 e. The lowest BCUT2D eigenvalue weighted by Gasteiger charge is -2.42. The lowest BCUT2D eigenvalue weighted by atomic mass is 9.79. The summed E-state index contributed by atoms with van der Waals surface area (Å²) in [6.45, 7) is 5.62. The molecule has 1 heterocycles. The molecule has 1 aliphatic heterocycles. The number of nitrogens with two attached hydrogens (primary N) is 1. The number of amides is 1. The highest BCUT2D eigenvalue weighted by molar-refractivity contribution is 6.30. The van der Waals surface area contributed by atoms with Crippen molar-refractivity contribution >= 4 is 17.5 Å². The average Bonchev–Trinajstić information content (AvgIpc) is 2.42. The van der Waals surface area contributed by atoms with E-state index in [9.17, 15) is 4.79 Å². The van der Waals surface area contributed by atoms with Gasteiger partial charge in [0, 0.05) is 29.7 Å². The van der Waals surface area contributed by atoms with Crippen LogP contribution in [0.15, 0.2) is 18.2 Å². The third kappa shape index (κ3) is 3.69. The van der Waals surface area contributed by atoms with E-state index in [0.717, 1.165) is 12.0 Å². The summed E-state index contributed by atoms with van der Waals surface area (Å²) >= 11 is 6.01. The standard InChI is InChI=1S/C16H23ClN2O2/c1-16(2)10-19(7-6-14(16)18)15(20)9-11-8-12(17)4-5-13(11)21-3/h4-5,8,14H,6-7,9-10,18H2,1-3H3. The van der Waals surface area contributed by atoms with Crippen LogP contribution < -0.4 is 10.5 Å². The molecule has 1 unspecified atom stereocenters. The third-order valence-corrected chi connectivity index (χ3v) is 4.48. The monoisotopic (exact) mass is 310 g/mol. The molecule has 4 nitrogen and oxygen atoms in total. The van der Waals surface area contributed by atoms with E-state index < -0.39 is 0 Å². The minimum absolute atomic E-state index is 0.0493. The topological polar surface area (TPSA) is 55.6 Å². The normalized spacial score (nSPS) is 21.2. The summed E-state index contributed by atoms with van der Waals surface area (Å²) in [6.07, 6.45) is 1.14. The summed E-state index contributed by atoms with van der Waals surface area (Å²) in [5, 5.41) is 0.611. The number of nitrogens with zero attached hydrogens (tertiary/aromatic N) is 1. The van der Waals surface area contributed by atoms with Crippen LogP contribution in [0.1, 0.15) is 25.8 Å². The maximum absolute atomic E-state index is 12.5. The number of ether oxygens (including phenoxy) is 1. The Morgan fingerprint density at radius 2 is 2.24 bits per heavy atom. The SMILES string of the molecule is COc1ccc(Cl)cc1CC(=O)N1CCC(N)C(C)(C)C1. The molecule has 0 bridgehead atoms. The van der Waals surface area contributed by atoms with Crippen LogP contribution in [-0.4, -0.2) is 37.0 Å². The molecule has 1 aliphatic rings. The second kappa shape index (κ2) is 6.24. The van der Waals surface area contributed by atoms with Crippen molar-refractivity contribution in [1.29, 1.82) is 0 Å². The molecule has 116 valence electrons. The third-order valence-electron chi connectivity index (χ3n) is 4.25. The molecule has 2 rings (SSSR count). The van der Waals surface area contributed by atoms with Crippen molar-refractivity contribution in [2.75, 3.05) is 20.2 Å². The van der Waals surface area contributed by atoms with Crippen LogP contribution in [0.2, 0.25) is 5.02 Å². The molecule has 0 saturated carbocycles. The van der Waals surface area contributed by atoms with Crippen LogP contribution in [0, 0.1) is 5.41 Å². The van der Waals surface area contributed by atoms with Gasteiger partial charge in [-0.2, -0.15) is 0 Å². The van der Waals surface area contributed by atoms with E-state index in [-0.39, 0.29) is 17.4 Å². The Balaban J connectivity index is 2.10. The molecule has 1 fully saturated rings. The largest absolute Gasteiger partial charge is 0.496 e. The van der Waals surface area contributed by atoms with E-state index in [0.29, 0.717) is 30.3 Å². The Morgan fingerprint density at radius 3 is 2.86 bits per heavy atom. The van der Waals surface area contributed by atoms with Gasteiger partial charge < -0.3 is 15.4 Å². The number of carbonyl (C=O) groups excluding carboxylic acids is 1. The summed E-state index contributed by atoms with van der Waals surface area (Å²) in [4.78, 5) is 14.4. The van der Waals surface area contributed by atoms with Gasteiger partial charge in [0.15, 0.2) is 0 Å². The first-order valence-corrected chi connectivity index (χ1v) is 7.57. The van der Waals surface area contributed by atoms with Gasteiger partial charge in [-0.3, -0.25) is 4.79 Å². The summed E-state index contributed by atoms with van der Waals surface area (Å²) in [7, 11) is 1.60. The number of benzene rings is 1. The Kier molecular flexibility index (Phi) is 4.79. The van der Waals surface area contributed by atoms with Gasteiger partial charge in [0.25, 0.3) is 0 Å². The second-order valence-electron chi connectivity index (χ2n) is 6.33. The lowest BCUT2D eigenvalue weighted by Crippen LogP contribution is -2.54. The summed E-state index contributed by atoms with van der Waals surface area (Å²) in [5.41, 5.74) is 6.89. The molecule has 0 aromatic heterocycles. The van der Waals surface area contributed by atoms with Crippen molar-refractivity contribution in [3.8, 4) is 5.75 Å². The first-order chi connectivity index (χ1) is 9.83. The van der Waals surface area contributed by atoms with E-state index in [4.69, 9.17) is 22.1 Å². The summed E-state index contributed by atoms with van der Waals surface area (Å²) in [5.74, 6) is 0.788. The molecule has 0 radical (unpaired) electrons. The van der Waals surface area contributed by atoms with Gasteiger partial charge in [-0.1, -0.05) is 25.4 Å². The van der Waals surface area contributed by atoms with Gasteiger partial charge in [0.1, 0.15) is 5.75 Å². The molecule has 1 aromatic rings.